The van der Waals surface area contributed by atoms with E-state index in [1.807, 2.05) is 25.1 Å². The summed E-state index contributed by atoms with van der Waals surface area (Å²) in [5.41, 5.74) is 2.61. The molecule has 0 unspecified atom stereocenters. The normalized spacial score (nSPS) is 10.8. The minimum Gasteiger partial charge on any atom is -0.325 e. The van der Waals surface area contributed by atoms with Crippen molar-refractivity contribution in [2.24, 2.45) is 0 Å². The standard InChI is InChI=1S/C25H20ClN3O3/c1-15-4-3-5-19(12-15)28-22(30)14-29-13-21(23(31)17-7-9-18(26)10-8-17)24(32)20-11-6-16(2)27-25(20)29/h3-13H,14H2,1-2H3,(H,28,30). The van der Waals surface area contributed by atoms with Crippen LogP contribution in [0.5, 0.6) is 0 Å². The van der Waals surface area contributed by atoms with Crippen LogP contribution in [-0.4, -0.2) is 21.2 Å². The Hall–Kier alpha value is -3.77. The van der Waals surface area contributed by atoms with Crippen molar-refractivity contribution < 1.29 is 9.59 Å². The number of rotatable bonds is 5. The van der Waals surface area contributed by atoms with Gasteiger partial charge < -0.3 is 9.88 Å². The van der Waals surface area contributed by atoms with Gasteiger partial charge in [-0.2, -0.15) is 0 Å². The monoisotopic (exact) mass is 445 g/mol. The molecule has 0 radical (unpaired) electrons. The highest BCUT2D eigenvalue weighted by atomic mass is 35.5. The molecule has 6 nitrogen and oxygen atoms in total. The Morgan fingerprint density at radius 3 is 2.50 bits per heavy atom. The van der Waals surface area contributed by atoms with Gasteiger partial charge in [-0.05, 0) is 67.9 Å². The van der Waals surface area contributed by atoms with Crippen molar-refractivity contribution in [2.75, 3.05) is 5.32 Å². The molecule has 1 amide bonds. The van der Waals surface area contributed by atoms with Gasteiger partial charge in [-0.3, -0.25) is 14.4 Å². The molecule has 0 fully saturated rings. The summed E-state index contributed by atoms with van der Waals surface area (Å²) in [5.74, 6) is -0.740. The molecule has 0 aliphatic carbocycles. The van der Waals surface area contributed by atoms with Crippen molar-refractivity contribution in [3.05, 3.63) is 104 Å². The second-order valence-corrected chi connectivity index (χ2v) is 8.01. The summed E-state index contributed by atoms with van der Waals surface area (Å²) in [6.07, 6.45) is 1.41. The molecular weight excluding hydrogens is 426 g/mol. The van der Waals surface area contributed by atoms with Gasteiger partial charge in [0.15, 0.2) is 5.78 Å². The van der Waals surface area contributed by atoms with Gasteiger partial charge in [0, 0.05) is 28.2 Å². The zero-order valence-electron chi connectivity index (χ0n) is 17.6. The number of halogens is 1. The molecule has 0 saturated carbocycles. The van der Waals surface area contributed by atoms with E-state index < -0.39 is 11.2 Å². The van der Waals surface area contributed by atoms with Gasteiger partial charge in [0.2, 0.25) is 11.3 Å². The second kappa shape index (κ2) is 8.77. The number of hydrogen-bond donors (Lipinski definition) is 1. The molecule has 0 saturated heterocycles. The fourth-order valence-electron chi connectivity index (χ4n) is 3.48. The maximum Gasteiger partial charge on any atom is 0.244 e. The number of aryl methyl sites for hydroxylation is 2. The first-order chi connectivity index (χ1) is 15.3. The zero-order chi connectivity index (χ0) is 22.8. The Kier molecular flexibility index (Phi) is 5.88. The predicted octanol–water partition coefficient (Wildman–Crippen LogP) is 4.54. The van der Waals surface area contributed by atoms with Crippen LogP contribution in [0.3, 0.4) is 0 Å². The van der Waals surface area contributed by atoms with Crippen molar-refractivity contribution in [1.82, 2.24) is 9.55 Å². The fraction of sp³-hybridized carbons (Fsp3) is 0.120. The average molecular weight is 446 g/mol. The lowest BCUT2D eigenvalue weighted by atomic mass is 10.0. The molecule has 0 bridgehead atoms. The summed E-state index contributed by atoms with van der Waals surface area (Å²) in [6.45, 7) is 3.63. The lowest BCUT2D eigenvalue weighted by Gasteiger charge is -2.13. The first-order valence-electron chi connectivity index (χ1n) is 9.99. The van der Waals surface area contributed by atoms with E-state index in [0.717, 1.165) is 5.56 Å². The zero-order valence-corrected chi connectivity index (χ0v) is 18.3. The lowest BCUT2D eigenvalue weighted by molar-refractivity contribution is -0.116. The maximum atomic E-state index is 13.1. The minimum absolute atomic E-state index is 0.0335. The van der Waals surface area contributed by atoms with Gasteiger partial charge in [0.1, 0.15) is 12.2 Å². The third-order valence-corrected chi connectivity index (χ3v) is 5.28. The molecule has 2 heterocycles. The molecule has 4 rings (SSSR count). The van der Waals surface area contributed by atoms with E-state index >= 15 is 0 Å². The number of aromatic nitrogens is 2. The Morgan fingerprint density at radius 1 is 1.03 bits per heavy atom. The Balaban J connectivity index is 1.76. The average Bonchev–Trinajstić information content (AvgIpc) is 2.75. The quantitative estimate of drug-likeness (QED) is 0.457. The van der Waals surface area contributed by atoms with Crippen LogP contribution >= 0.6 is 11.6 Å². The highest BCUT2D eigenvalue weighted by molar-refractivity contribution is 6.30. The van der Waals surface area contributed by atoms with Crippen LogP contribution in [0.1, 0.15) is 27.2 Å². The summed E-state index contributed by atoms with van der Waals surface area (Å²) in [4.78, 5) is 43.4. The number of nitrogens with one attached hydrogen (secondary N) is 1. The van der Waals surface area contributed by atoms with Crippen LogP contribution in [0.25, 0.3) is 11.0 Å². The third-order valence-electron chi connectivity index (χ3n) is 5.03. The number of pyridine rings is 2. The van der Waals surface area contributed by atoms with Gasteiger partial charge in [-0.1, -0.05) is 23.7 Å². The van der Waals surface area contributed by atoms with Crippen LogP contribution in [0, 0.1) is 13.8 Å². The predicted molar refractivity (Wildman–Crippen MR) is 125 cm³/mol. The van der Waals surface area contributed by atoms with Crippen LogP contribution in [0.15, 0.2) is 71.7 Å². The smallest absolute Gasteiger partial charge is 0.244 e. The molecule has 2 aromatic heterocycles. The second-order valence-electron chi connectivity index (χ2n) is 7.58. The largest absolute Gasteiger partial charge is 0.325 e. The number of hydrogen-bond acceptors (Lipinski definition) is 4. The number of nitrogens with zero attached hydrogens (tertiary/aromatic N) is 2. The van der Waals surface area contributed by atoms with E-state index in [9.17, 15) is 14.4 Å². The van der Waals surface area contributed by atoms with Gasteiger partial charge in [0.25, 0.3) is 0 Å². The van der Waals surface area contributed by atoms with E-state index in [1.165, 1.54) is 10.8 Å². The van der Waals surface area contributed by atoms with Crippen LogP contribution in [0.4, 0.5) is 5.69 Å². The first-order valence-corrected chi connectivity index (χ1v) is 10.4. The Bertz CT molecular complexity index is 1410. The first kappa shape index (κ1) is 21.5. The number of fused-ring (bicyclic) bond motifs is 1. The molecule has 160 valence electrons. The maximum absolute atomic E-state index is 13.1. The SMILES string of the molecule is Cc1cccc(NC(=O)Cn2cc(C(=O)c3ccc(Cl)cc3)c(=O)c3ccc(C)nc32)c1. The van der Waals surface area contributed by atoms with E-state index in [1.54, 1.807) is 49.4 Å². The Morgan fingerprint density at radius 2 is 1.78 bits per heavy atom. The topological polar surface area (TPSA) is 81.1 Å². The third kappa shape index (κ3) is 4.45. The van der Waals surface area contributed by atoms with Gasteiger partial charge in [-0.25, -0.2) is 4.98 Å². The summed E-state index contributed by atoms with van der Waals surface area (Å²) >= 11 is 5.92. The Labute approximate surface area is 189 Å². The fourth-order valence-corrected chi connectivity index (χ4v) is 3.60. The molecular formula is C25H20ClN3O3. The van der Waals surface area contributed by atoms with Gasteiger partial charge >= 0.3 is 0 Å². The lowest BCUT2D eigenvalue weighted by Crippen LogP contribution is -2.25. The minimum atomic E-state index is -0.443. The number of ketones is 1. The molecule has 1 N–H and O–H groups in total. The van der Waals surface area contributed by atoms with Gasteiger partial charge in [0.05, 0.1) is 10.9 Å². The molecule has 0 aliphatic rings. The van der Waals surface area contributed by atoms with Crippen LogP contribution < -0.4 is 10.7 Å². The number of carbonyl (C=O) groups is 2. The molecule has 0 aliphatic heterocycles. The summed E-state index contributed by atoms with van der Waals surface area (Å²) in [7, 11) is 0. The highest BCUT2D eigenvalue weighted by Gasteiger charge is 2.19. The number of anilines is 1. The van der Waals surface area contributed by atoms with E-state index in [0.29, 0.717) is 27.6 Å². The van der Waals surface area contributed by atoms with Crippen molar-refractivity contribution in [1.29, 1.82) is 0 Å². The molecule has 32 heavy (non-hydrogen) atoms. The highest BCUT2D eigenvalue weighted by Crippen LogP contribution is 2.16. The molecule has 0 atom stereocenters. The molecule has 4 aromatic rings. The summed E-state index contributed by atoms with van der Waals surface area (Å²) in [6, 6.07) is 17.1. The van der Waals surface area contributed by atoms with Crippen molar-refractivity contribution in [2.45, 2.75) is 20.4 Å². The van der Waals surface area contributed by atoms with E-state index in [-0.39, 0.29) is 23.4 Å². The summed E-state index contributed by atoms with van der Waals surface area (Å²) in [5, 5.41) is 3.61. The number of carbonyl (C=O) groups excluding carboxylic acids is 2. The molecule has 7 heteroatoms. The van der Waals surface area contributed by atoms with Crippen LogP contribution in [-0.2, 0) is 11.3 Å². The van der Waals surface area contributed by atoms with Crippen LogP contribution in [0.2, 0.25) is 5.02 Å². The van der Waals surface area contributed by atoms with Crippen molar-refractivity contribution in [3.8, 4) is 0 Å². The van der Waals surface area contributed by atoms with Crippen molar-refractivity contribution >= 4 is 40.0 Å². The van der Waals surface area contributed by atoms with E-state index in [2.05, 4.69) is 10.3 Å². The number of benzene rings is 2. The molecule has 2 aromatic carbocycles. The van der Waals surface area contributed by atoms with Gasteiger partial charge in [-0.15, -0.1) is 0 Å². The van der Waals surface area contributed by atoms with E-state index in [4.69, 9.17) is 11.6 Å². The van der Waals surface area contributed by atoms with Crippen molar-refractivity contribution in [3.63, 3.8) is 0 Å². The molecule has 0 spiro atoms. The summed E-state index contributed by atoms with van der Waals surface area (Å²) < 4.78 is 1.54. The number of amides is 1.